The van der Waals surface area contributed by atoms with Gasteiger partial charge in [-0.25, -0.2) is 0 Å². The first-order valence-corrected chi connectivity index (χ1v) is 11.1. The summed E-state index contributed by atoms with van der Waals surface area (Å²) in [5.74, 6) is 0.436. The fourth-order valence-corrected chi connectivity index (χ4v) is 3.52. The molecule has 0 bridgehead atoms. The second-order valence-electron chi connectivity index (χ2n) is 7.63. The quantitative estimate of drug-likeness (QED) is 0.201. The van der Waals surface area contributed by atoms with E-state index in [0.29, 0.717) is 30.0 Å². The van der Waals surface area contributed by atoms with Gasteiger partial charge in [0.2, 0.25) is 5.91 Å². The number of nitrogens with one attached hydrogen (secondary N) is 3. The Bertz CT molecular complexity index is 1130. The Hall–Kier alpha value is -3.93. The first-order valence-electron chi connectivity index (χ1n) is 11.1. The van der Waals surface area contributed by atoms with Crippen LogP contribution >= 0.6 is 0 Å². The monoisotopic (exact) mass is 443 g/mol. The van der Waals surface area contributed by atoms with Crippen molar-refractivity contribution in [2.24, 2.45) is 0 Å². The van der Waals surface area contributed by atoms with Crippen molar-refractivity contribution < 1.29 is 14.3 Å². The average Bonchev–Trinajstić information content (AvgIpc) is 2.85. The lowest BCUT2D eigenvalue weighted by molar-refractivity contribution is -0.116. The van der Waals surface area contributed by atoms with Gasteiger partial charge < -0.3 is 20.8 Å². The summed E-state index contributed by atoms with van der Waals surface area (Å²) >= 11 is 0. The van der Waals surface area contributed by atoms with Gasteiger partial charge in [0.25, 0.3) is 5.91 Å². The van der Waals surface area contributed by atoms with E-state index in [1.807, 2.05) is 48.5 Å². The number of fused-ring (bicyclic) bond motifs is 1. The van der Waals surface area contributed by atoms with Gasteiger partial charge in [-0.3, -0.25) is 9.59 Å². The highest BCUT2D eigenvalue weighted by Crippen LogP contribution is 2.28. The number of ether oxygens (including phenoxy) is 1. The molecule has 0 saturated carbocycles. The third-order valence-electron chi connectivity index (χ3n) is 5.29. The number of benzene rings is 3. The Kier molecular flexibility index (Phi) is 8.77. The molecule has 3 N–H and O–H groups in total. The molecule has 6 heteroatoms. The number of unbranched alkanes of at least 4 members (excludes halogenated alkanes) is 3. The van der Waals surface area contributed by atoms with E-state index in [1.165, 1.54) is 12.3 Å². The molecule has 0 spiro atoms. The molecule has 170 valence electrons. The van der Waals surface area contributed by atoms with Crippen molar-refractivity contribution in [1.29, 1.82) is 5.41 Å². The lowest BCUT2D eigenvalue weighted by Crippen LogP contribution is -2.21. The van der Waals surface area contributed by atoms with Crippen molar-refractivity contribution in [2.45, 2.75) is 25.7 Å². The van der Waals surface area contributed by atoms with E-state index in [-0.39, 0.29) is 11.8 Å². The Morgan fingerprint density at radius 3 is 2.52 bits per heavy atom. The molecular weight excluding hydrogens is 414 g/mol. The number of carbonyl (C=O) groups is 2. The highest BCUT2D eigenvalue weighted by atomic mass is 16.5. The first-order chi connectivity index (χ1) is 16.1. The molecule has 0 fully saturated rings. The molecule has 2 amide bonds. The summed E-state index contributed by atoms with van der Waals surface area (Å²) in [7, 11) is 0. The Morgan fingerprint density at radius 2 is 1.76 bits per heavy atom. The summed E-state index contributed by atoms with van der Waals surface area (Å²) in [6.45, 7) is 4.71. The summed E-state index contributed by atoms with van der Waals surface area (Å²) in [6.07, 6.45) is 6.47. The predicted octanol–water partition coefficient (Wildman–Crippen LogP) is 5.33. The number of amides is 2. The van der Waals surface area contributed by atoms with Crippen LogP contribution < -0.4 is 15.4 Å². The van der Waals surface area contributed by atoms with Gasteiger partial charge in [-0.2, -0.15) is 0 Å². The summed E-state index contributed by atoms with van der Waals surface area (Å²) in [5, 5.41) is 15.4. The van der Waals surface area contributed by atoms with Gasteiger partial charge in [-0.1, -0.05) is 43.7 Å². The normalized spacial score (nSPS) is 10.4. The lowest BCUT2D eigenvalue weighted by Gasteiger charge is -2.13. The van der Waals surface area contributed by atoms with Crippen LogP contribution in [0, 0.1) is 5.41 Å². The molecule has 0 aliphatic rings. The highest BCUT2D eigenvalue weighted by Gasteiger charge is 2.11. The van der Waals surface area contributed by atoms with Crippen LogP contribution in [0.2, 0.25) is 0 Å². The van der Waals surface area contributed by atoms with E-state index in [9.17, 15) is 9.59 Å². The van der Waals surface area contributed by atoms with Crippen LogP contribution in [0.1, 0.15) is 41.6 Å². The van der Waals surface area contributed by atoms with Crippen LogP contribution in [0.5, 0.6) is 5.75 Å². The molecule has 0 aliphatic heterocycles. The minimum absolute atomic E-state index is 0.133. The molecule has 0 atom stereocenters. The molecule has 0 heterocycles. The van der Waals surface area contributed by atoms with Crippen molar-refractivity contribution >= 4 is 34.5 Å². The Balaban J connectivity index is 1.55. The molecule has 3 aromatic carbocycles. The zero-order valence-corrected chi connectivity index (χ0v) is 18.6. The Morgan fingerprint density at radius 1 is 0.970 bits per heavy atom. The first kappa shape index (κ1) is 23.7. The van der Waals surface area contributed by atoms with Gasteiger partial charge in [0.15, 0.2) is 0 Å². The van der Waals surface area contributed by atoms with Gasteiger partial charge >= 0.3 is 0 Å². The minimum Gasteiger partial charge on any atom is -0.494 e. The molecular formula is C27H29N3O3. The zero-order chi connectivity index (χ0) is 23.5. The maximum Gasteiger partial charge on any atom is 0.255 e. The molecule has 0 radical (unpaired) electrons. The van der Waals surface area contributed by atoms with Crippen molar-refractivity contribution in [3.05, 3.63) is 84.4 Å². The summed E-state index contributed by atoms with van der Waals surface area (Å²) in [6, 6.07) is 18.5. The van der Waals surface area contributed by atoms with Crippen LogP contribution in [-0.2, 0) is 4.79 Å². The Labute approximate surface area is 194 Å². The van der Waals surface area contributed by atoms with Crippen molar-refractivity contribution in [1.82, 2.24) is 5.32 Å². The molecule has 0 saturated heterocycles. The SMILES string of the molecule is C=CC(=O)NCCCCCCOc1ccc2c(C=N)c(NC(=O)c3ccccc3)ccc2c1. The van der Waals surface area contributed by atoms with Gasteiger partial charge in [-0.15, -0.1) is 0 Å². The topological polar surface area (TPSA) is 91.3 Å². The summed E-state index contributed by atoms with van der Waals surface area (Å²) < 4.78 is 5.89. The van der Waals surface area contributed by atoms with E-state index in [0.717, 1.165) is 42.2 Å². The van der Waals surface area contributed by atoms with E-state index in [1.54, 1.807) is 12.1 Å². The second kappa shape index (κ2) is 12.2. The molecule has 0 aromatic heterocycles. The predicted molar refractivity (Wildman–Crippen MR) is 133 cm³/mol. The van der Waals surface area contributed by atoms with Gasteiger partial charge in [-0.05, 0) is 66.1 Å². The molecule has 3 rings (SSSR count). The number of anilines is 1. The molecule has 0 unspecified atom stereocenters. The third kappa shape index (κ3) is 6.77. The maximum atomic E-state index is 12.5. The zero-order valence-electron chi connectivity index (χ0n) is 18.6. The summed E-state index contributed by atoms with van der Waals surface area (Å²) in [4.78, 5) is 23.6. The van der Waals surface area contributed by atoms with Gasteiger partial charge in [0.05, 0.1) is 12.3 Å². The van der Waals surface area contributed by atoms with E-state index >= 15 is 0 Å². The van der Waals surface area contributed by atoms with Crippen molar-refractivity contribution in [3.63, 3.8) is 0 Å². The fraction of sp³-hybridized carbons (Fsp3) is 0.222. The largest absolute Gasteiger partial charge is 0.494 e. The molecule has 0 aliphatic carbocycles. The molecule has 3 aromatic rings. The number of rotatable bonds is 12. The van der Waals surface area contributed by atoms with Crippen LogP contribution in [0.15, 0.2) is 73.3 Å². The van der Waals surface area contributed by atoms with E-state index in [2.05, 4.69) is 17.2 Å². The lowest BCUT2D eigenvalue weighted by atomic mass is 10.0. The van der Waals surface area contributed by atoms with Crippen molar-refractivity contribution in [2.75, 3.05) is 18.5 Å². The van der Waals surface area contributed by atoms with Gasteiger partial charge in [0, 0.05) is 23.9 Å². The van der Waals surface area contributed by atoms with E-state index < -0.39 is 0 Å². The minimum atomic E-state index is -0.207. The molecule has 6 nitrogen and oxygen atoms in total. The van der Waals surface area contributed by atoms with E-state index in [4.69, 9.17) is 10.1 Å². The standard InChI is InChI=1S/C27H29N3O3/c1-2-26(31)29-16-8-3-4-9-17-33-22-13-14-23-21(18-22)12-15-25(24(23)19-28)30-27(32)20-10-6-5-7-11-20/h2,5-7,10-15,18-19,28H,1,3-4,8-9,16-17H2,(H,29,31)(H,30,32). The van der Waals surface area contributed by atoms with Crippen LogP contribution in [0.4, 0.5) is 5.69 Å². The molecule has 33 heavy (non-hydrogen) atoms. The number of hydrogen-bond donors (Lipinski definition) is 3. The van der Waals surface area contributed by atoms with Crippen molar-refractivity contribution in [3.8, 4) is 5.75 Å². The maximum absolute atomic E-state index is 12.5. The van der Waals surface area contributed by atoms with Crippen LogP contribution in [0.3, 0.4) is 0 Å². The van der Waals surface area contributed by atoms with Crippen LogP contribution in [0.25, 0.3) is 10.8 Å². The second-order valence-corrected chi connectivity index (χ2v) is 7.63. The average molecular weight is 444 g/mol. The number of hydrogen-bond acceptors (Lipinski definition) is 4. The third-order valence-corrected chi connectivity index (χ3v) is 5.29. The van der Waals surface area contributed by atoms with Gasteiger partial charge in [0.1, 0.15) is 5.75 Å². The smallest absolute Gasteiger partial charge is 0.255 e. The summed E-state index contributed by atoms with van der Waals surface area (Å²) in [5.41, 5.74) is 1.83. The van der Waals surface area contributed by atoms with Crippen LogP contribution in [-0.4, -0.2) is 31.2 Å². The number of carbonyl (C=O) groups excluding carboxylic acids is 2. The fourth-order valence-electron chi connectivity index (χ4n) is 3.52. The highest BCUT2D eigenvalue weighted by molar-refractivity contribution is 6.11.